The number of hydrogen-bond acceptors (Lipinski definition) is 4. The summed E-state index contributed by atoms with van der Waals surface area (Å²) < 4.78 is 7.45. The number of para-hydroxylation sites is 1. The standard InChI is InChI=1S/C26H25N3O2S/c1-18-20-13-15-32-24(20)12-14-29(18)26(30)22-17-28(16-19-8-4-3-5-9-19)27-25(22)21-10-6-7-11-23(21)31-2/h3-11,13,15,17-18H,12,14,16H2,1-2H3/t18-/m1/s1. The van der Waals surface area contributed by atoms with Crippen LogP contribution in [0, 0.1) is 0 Å². The first-order chi connectivity index (χ1) is 15.7. The lowest BCUT2D eigenvalue weighted by atomic mass is 9.99. The van der Waals surface area contributed by atoms with Gasteiger partial charge in [-0.2, -0.15) is 5.10 Å². The van der Waals surface area contributed by atoms with Crippen LogP contribution in [-0.4, -0.2) is 34.2 Å². The zero-order valence-corrected chi connectivity index (χ0v) is 19.0. The van der Waals surface area contributed by atoms with Crippen molar-refractivity contribution in [2.45, 2.75) is 25.9 Å². The van der Waals surface area contributed by atoms with Crippen molar-refractivity contribution < 1.29 is 9.53 Å². The van der Waals surface area contributed by atoms with Gasteiger partial charge in [-0.1, -0.05) is 42.5 Å². The number of hydrogen-bond donors (Lipinski definition) is 0. The Kier molecular flexibility index (Phi) is 5.53. The van der Waals surface area contributed by atoms with E-state index in [1.54, 1.807) is 18.4 Å². The molecule has 2 aromatic heterocycles. The van der Waals surface area contributed by atoms with Crippen LogP contribution in [0.5, 0.6) is 5.75 Å². The van der Waals surface area contributed by atoms with E-state index in [9.17, 15) is 4.79 Å². The number of rotatable bonds is 5. The summed E-state index contributed by atoms with van der Waals surface area (Å²) in [4.78, 5) is 17.2. The van der Waals surface area contributed by atoms with Gasteiger partial charge >= 0.3 is 0 Å². The van der Waals surface area contributed by atoms with Crippen molar-refractivity contribution >= 4 is 17.2 Å². The van der Waals surface area contributed by atoms with Gasteiger partial charge in [-0.3, -0.25) is 9.48 Å². The summed E-state index contributed by atoms with van der Waals surface area (Å²) in [5.74, 6) is 0.716. The van der Waals surface area contributed by atoms with E-state index in [1.807, 2.05) is 58.2 Å². The highest BCUT2D eigenvalue weighted by Gasteiger charge is 2.32. The van der Waals surface area contributed by atoms with Crippen molar-refractivity contribution in [3.05, 3.63) is 93.8 Å². The third-order valence-corrected chi connectivity index (χ3v) is 7.08. The maximum Gasteiger partial charge on any atom is 0.258 e. The molecule has 0 radical (unpaired) electrons. The first-order valence-electron chi connectivity index (χ1n) is 10.8. The van der Waals surface area contributed by atoms with Gasteiger partial charge in [0, 0.05) is 23.2 Å². The molecule has 0 unspecified atom stereocenters. The highest BCUT2D eigenvalue weighted by atomic mass is 32.1. The molecule has 1 amide bonds. The van der Waals surface area contributed by atoms with E-state index in [4.69, 9.17) is 9.84 Å². The predicted octanol–water partition coefficient (Wildman–Crippen LogP) is 5.43. The van der Waals surface area contributed by atoms with Gasteiger partial charge in [-0.15, -0.1) is 11.3 Å². The second-order valence-corrected chi connectivity index (χ2v) is 9.00. The topological polar surface area (TPSA) is 47.4 Å². The number of fused-ring (bicyclic) bond motifs is 1. The fraction of sp³-hybridized carbons (Fsp3) is 0.231. The fourth-order valence-corrected chi connectivity index (χ4v) is 5.37. The average Bonchev–Trinajstić information content (AvgIpc) is 3.47. The highest BCUT2D eigenvalue weighted by molar-refractivity contribution is 7.10. The van der Waals surface area contributed by atoms with Crippen LogP contribution >= 0.6 is 11.3 Å². The second kappa shape index (κ2) is 8.63. The number of carbonyl (C=O) groups is 1. The molecule has 5 nitrogen and oxygen atoms in total. The largest absolute Gasteiger partial charge is 0.496 e. The number of amides is 1. The van der Waals surface area contributed by atoms with E-state index in [0.29, 0.717) is 30.1 Å². The summed E-state index contributed by atoms with van der Waals surface area (Å²) in [7, 11) is 1.64. The number of methoxy groups -OCH3 is 1. The summed E-state index contributed by atoms with van der Waals surface area (Å²) in [6.45, 7) is 3.42. The Bertz CT molecular complexity index is 1240. The number of thiophene rings is 1. The summed E-state index contributed by atoms with van der Waals surface area (Å²) in [5, 5.41) is 6.97. The smallest absolute Gasteiger partial charge is 0.258 e. The molecule has 6 heteroatoms. The molecule has 0 N–H and O–H groups in total. The second-order valence-electron chi connectivity index (χ2n) is 8.00. The van der Waals surface area contributed by atoms with E-state index in [2.05, 4.69) is 30.5 Å². The van der Waals surface area contributed by atoms with Crippen molar-refractivity contribution in [3.63, 3.8) is 0 Å². The summed E-state index contributed by atoms with van der Waals surface area (Å²) in [5.41, 5.74) is 4.48. The SMILES string of the molecule is COc1ccccc1-c1nn(Cc2ccccc2)cc1C(=O)N1CCc2sccc2[C@H]1C. The van der Waals surface area contributed by atoms with Crippen molar-refractivity contribution in [3.8, 4) is 17.0 Å². The van der Waals surface area contributed by atoms with Crippen LogP contribution in [0.15, 0.2) is 72.2 Å². The Hall–Kier alpha value is -3.38. The Labute approximate surface area is 191 Å². The van der Waals surface area contributed by atoms with E-state index >= 15 is 0 Å². The number of ether oxygens (including phenoxy) is 1. The third kappa shape index (κ3) is 3.71. The molecule has 0 saturated heterocycles. The molecule has 32 heavy (non-hydrogen) atoms. The molecular formula is C26H25N3O2S. The molecule has 4 aromatic rings. The quantitative estimate of drug-likeness (QED) is 0.413. The molecule has 3 heterocycles. The van der Waals surface area contributed by atoms with Gasteiger partial charge in [0.1, 0.15) is 11.4 Å². The van der Waals surface area contributed by atoms with Crippen LogP contribution in [0.25, 0.3) is 11.3 Å². The summed E-state index contributed by atoms with van der Waals surface area (Å²) in [6, 6.07) is 20.1. The van der Waals surface area contributed by atoms with Gasteiger partial charge in [-0.25, -0.2) is 0 Å². The van der Waals surface area contributed by atoms with Gasteiger partial charge in [0.05, 0.1) is 25.3 Å². The van der Waals surface area contributed by atoms with Crippen LogP contribution in [0.3, 0.4) is 0 Å². The van der Waals surface area contributed by atoms with E-state index in [0.717, 1.165) is 17.5 Å². The van der Waals surface area contributed by atoms with Crippen LogP contribution < -0.4 is 4.74 Å². The van der Waals surface area contributed by atoms with Crippen LogP contribution in [0.4, 0.5) is 0 Å². The molecule has 1 aliphatic heterocycles. The summed E-state index contributed by atoms with van der Waals surface area (Å²) in [6.07, 6.45) is 2.78. The normalized spacial score (nSPS) is 15.4. The van der Waals surface area contributed by atoms with Crippen LogP contribution in [0.1, 0.15) is 39.3 Å². The van der Waals surface area contributed by atoms with Crippen molar-refractivity contribution in [1.82, 2.24) is 14.7 Å². The lowest BCUT2D eigenvalue weighted by molar-refractivity contribution is 0.0680. The Morgan fingerprint density at radius 1 is 1.12 bits per heavy atom. The first kappa shape index (κ1) is 20.5. The van der Waals surface area contributed by atoms with E-state index in [-0.39, 0.29) is 11.9 Å². The number of carbonyl (C=O) groups excluding carboxylic acids is 1. The molecule has 0 fully saturated rings. The van der Waals surface area contributed by atoms with Gasteiger partial charge in [0.15, 0.2) is 0 Å². The molecule has 1 atom stereocenters. The molecule has 0 spiro atoms. The minimum absolute atomic E-state index is 0.00886. The number of benzene rings is 2. The lowest BCUT2D eigenvalue weighted by Crippen LogP contribution is -2.38. The predicted molar refractivity (Wildman–Crippen MR) is 127 cm³/mol. The summed E-state index contributed by atoms with van der Waals surface area (Å²) >= 11 is 1.78. The zero-order chi connectivity index (χ0) is 22.1. The van der Waals surface area contributed by atoms with Gasteiger partial charge in [0.2, 0.25) is 0 Å². The molecular weight excluding hydrogens is 418 g/mol. The Balaban J connectivity index is 1.56. The molecule has 2 aromatic carbocycles. The minimum Gasteiger partial charge on any atom is -0.496 e. The van der Waals surface area contributed by atoms with Crippen LogP contribution in [0.2, 0.25) is 0 Å². The fourth-order valence-electron chi connectivity index (χ4n) is 4.41. The minimum atomic E-state index is 0.00886. The van der Waals surface area contributed by atoms with Crippen molar-refractivity contribution in [2.75, 3.05) is 13.7 Å². The van der Waals surface area contributed by atoms with Crippen LogP contribution in [-0.2, 0) is 13.0 Å². The highest BCUT2D eigenvalue weighted by Crippen LogP contribution is 2.36. The van der Waals surface area contributed by atoms with Gasteiger partial charge in [-0.05, 0) is 48.1 Å². The van der Waals surface area contributed by atoms with Gasteiger partial charge in [0.25, 0.3) is 5.91 Å². The average molecular weight is 444 g/mol. The monoisotopic (exact) mass is 443 g/mol. The molecule has 0 saturated carbocycles. The zero-order valence-electron chi connectivity index (χ0n) is 18.2. The maximum absolute atomic E-state index is 13.8. The van der Waals surface area contributed by atoms with E-state index in [1.165, 1.54) is 10.4 Å². The van der Waals surface area contributed by atoms with Crippen molar-refractivity contribution in [2.24, 2.45) is 0 Å². The van der Waals surface area contributed by atoms with E-state index < -0.39 is 0 Å². The van der Waals surface area contributed by atoms with Crippen molar-refractivity contribution in [1.29, 1.82) is 0 Å². The number of aromatic nitrogens is 2. The molecule has 1 aliphatic rings. The lowest BCUT2D eigenvalue weighted by Gasteiger charge is -2.33. The molecule has 162 valence electrons. The Morgan fingerprint density at radius 2 is 1.91 bits per heavy atom. The van der Waals surface area contributed by atoms with Gasteiger partial charge < -0.3 is 9.64 Å². The maximum atomic E-state index is 13.8. The Morgan fingerprint density at radius 3 is 2.72 bits per heavy atom. The molecule has 0 bridgehead atoms. The molecule has 0 aliphatic carbocycles. The third-order valence-electron chi connectivity index (χ3n) is 6.08. The first-order valence-corrected chi connectivity index (χ1v) is 11.7. The molecule has 5 rings (SSSR count). The number of nitrogens with zero attached hydrogens (tertiary/aromatic N) is 3.